The summed E-state index contributed by atoms with van der Waals surface area (Å²) in [6.45, 7) is 2.83. The van der Waals surface area contributed by atoms with Gasteiger partial charge in [0.05, 0.1) is 5.56 Å². The topological polar surface area (TPSA) is 55.1 Å². The van der Waals surface area contributed by atoms with Crippen LogP contribution >= 0.6 is 0 Å². The SMILES string of the molecule is CC1CC1CNC(=O)c1ccc(F)cc1N. The molecular weight excluding hydrogens is 207 g/mol. The first-order valence-electron chi connectivity index (χ1n) is 5.41. The van der Waals surface area contributed by atoms with Crippen LogP contribution in [0.1, 0.15) is 23.7 Å². The Morgan fingerprint density at radius 3 is 2.88 bits per heavy atom. The van der Waals surface area contributed by atoms with Crippen molar-refractivity contribution in [2.75, 3.05) is 12.3 Å². The molecule has 2 rings (SSSR count). The minimum atomic E-state index is -0.426. The van der Waals surface area contributed by atoms with E-state index in [1.807, 2.05) is 0 Å². The molecule has 1 aromatic rings. The number of nitrogen functional groups attached to an aromatic ring is 1. The monoisotopic (exact) mass is 222 g/mol. The van der Waals surface area contributed by atoms with E-state index >= 15 is 0 Å². The molecule has 0 aromatic heterocycles. The van der Waals surface area contributed by atoms with E-state index in [4.69, 9.17) is 5.73 Å². The standard InChI is InChI=1S/C12H15FN2O/c1-7-4-8(7)6-15-12(16)10-3-2-9(13)5-11(10)14/h2-3,5,7-8H,4,6,14H2,1H3,(H,15,16). The number of halogens is 1. The van der Waals surface area contributed by atoms with Crippen LogP contribution in [-0.2, 0) is 0 Å². The van der Waals surface area contributed by atoms with Crippen molar-refractivity contribution in [3.05, 3.63) is 29.6 Å². The van der Waals surface area contributed by atoms with Crippen molar-refractivity contribution < 1.29 is 9.18 Å². The van der Waals surface area contributed by atoms with Crippen LogP contribution in [0.2, 0.25) is 0 Å². The summed E-state index contributed by atoms with van der Waals surface area (Å²) in [4.78, 5) is 11.7. The molecule has 86 valence electrons. The summed E-state index contributed by atoms with van der Waals surface area (Å²) < 4.78 is 12.8. The zero-order chi connectivity index (χ0) is 11.7. The Hall–Kier alpha value is -1.58. The van der Waals surface area contributed by atoms with Crippen LogP contribution in [-0.4, -0.2) is 12.5 Å². The highest BCUT2D eigenvalue weighted by atomic mass is 19.1. The number of nitrogens with two attached hydrogens (primary N) is 1. The first-order chi connectivity index (χ1) is 7.58. The van der Waals surface area contributed by atoms with Gasteiger partial charge in [0.25, 0.3) is 5.91 Å². The van der Waals surface area contributed by atoms with Gasteiger partial charge in [-0.05, 0) is 36.5 Å². The van der Waals surface area contributed by atoms with Crippen molar-refractivity contribution in [3.63, 3.8) is 0 Å². The molecule has 0 radical (unpaired) electrons. The molecule has 0 aliphatic heterocycles. The Kier molecular flexibility index (Phi) is 2.81. The smallest absolute Gasteiger partial charge is 0.253 e. The first kappa shape index (κ1) is 10.9. The van der Waals surface area contributed by atoms with Crippen LogP contribution in [0.3, 0.4) is 0 Å². The van der Waals surface area contributed by atoms with E-state index in [0.717, 1.165) is 6.07 Å². The summed E-state index contributed by atoms with van der Waals surface area (Å²) in [5.74, 6) is 0.637. The van der Waals surface area contributed by atoms with Gasteiger partial charge in [0, 0.05) is 12.2 Å². The predicted octanol–water partition coefficient (Wildman–Crippen LogP) is 1.79. The predicted molar refractivity (Wildman–Crippen MR) is 60.4 cm³/mol. The Morgan fingerprint density at radius 1 is 1.62 bits per heavy atom. The number of hydrogen-bond acceptors (Lipinski definition) is 2. The van der Waals surface area contributed by atoms with E-state index in [9.17, 15) is 9.18 Å². The fraction of sp³-hybridized carbons (Fsp3) is 0.417. The number of rotatable bonds is 3. The lowest BCUT2D eigenvalue weighted by Crippen LogP contribution is -2.26. The van der Waals surface area contributed by atoms with Crippen molar-refractivity contribution in [2.45, 2.75) is 13.3 Å². The summed E-state index contributed by atoms with van der Waals surface area (Å²) in [5.41, 5.74) is 6.09. The molecule has 2 atom stereocenters. The van der Waals surface area contributed by atoms with Crippen LogP contribution < -0.4 is 11.1 Å². The summed E-state index contributed by atoms with van der Waals surface area (Å²) in [7, 11) is 0. The molecule has 0 saturated heterocycles. The normalized spacial score (nSPS) is 22.9. The molecule has 2 unspecified atom stereocenters. The van der Waals surface area contributed by atoms with E-state index in [2.05, 4.69) is 12.2 Å². The van der Waals surface area contributed by atoms with Crippen molar-refractivity contribution in [3.8, 4) is 0 Å². The highest BCUT2D eigenvalue weighted by molar-refractivity contribution is 5.99. The fourth-order valence-corrected chi connectivity index (χ4v) is 1.74. The van der Waals surface area contributed by atoms with Gasteiger partial charge in [0.2, 0.25) is 0 Å². The molecule has 1 aliphatic carbocycles. The molecule has 3 N–H and O–H groups in total. The average Bonchev–Trinajstić information content (AvgIpc) is 2.91. The van der Waals surface area contributed by atoms with E-state index in [-0.39, 0.29) is 11.6 Å². The second-order valence-corrected chi connectivity index (χ2v) is 4.41. The largest absolute Gasteiger partial charge is 0.398 e. The number of benzene rings is 1. The van der Waals surface area contributed by atoms with E-state index in [0.29, 0.717) is 23.9 Å². The van der Waals surface area contributed by atoms with Gasteiger partial charge in [-0.1, -0.05) is 6.92 Å². The third-order valence-corrected chi connectivity index (χ3v) is 3.06. The second kappa shape index (κ2) is 4.12. The maximum absolute atomic E-state index is 12.8. The van der Waals surface area contributed by atoms with E-state index < -0.39 is 5.82 Å². The lowest BCUT2D eigenvalue weighted by molar-refractivity contribution is 0.0952. The Balaban J connectivity index is 1.97. The van der Waals surface area contributed by atoms with Crippen molar-refractivity contribution in [1.82, 2.24) is 5.32 Å². The molecule has 4 heteroatoms. The van der Waals surface area contributed by atoms with Gasteiger partial charge in [-0.3, -0.25) is 4.79 Å². The third-order valence-electron chi connectivity index (χ3n) is 3.06. The van der Waals surface area contributed by atoms with Crippen LogP contribution in [0.25, 0.3) is 0 Å². The van der Waals surface area contributed by atoms with E-state index in [1.54, 1.807) is 0 Å². The molecule has 0 bridgehead atoms. The number of amides is 1. The van der Waals surface area contributed by atoms with Gasteiger partial charge in [-0.25, -0.2) is 4.39 Å². The summed E-state index contributed by atoms with van der Waals surface area (Å²) in [5, 5.41) is 2.81. The molecule has 1 aliphatic rings. The van der Waals surface area contributed by atoms with Crippen molar-refractivity contribution in [2.24, 2.45) is 11.8 Å². The summed E-state index contributed by atoms with van der Waals surface area (Å²) in [6, 6.07) is 3.82. The molecule has 1 saturated carbocycles. The highest BCUT2D eigenvalue weighted by Gasteiger charge is 2.32. The van der Waals surface area contributed by atoms with Gasteiger partial charge in [0.15, 0.2) is 0 Å². The lowest BCUT2D eigenvalue weighted by atomic mass is 10.1. The first-order valence-corrected chi connectivity index (χ1v) is 5.41. The quantitative estimate of drug-likeness (QED) is 0.766. The number of carbonyl (C=O) groups excluding carboxylic acids is 1. The molecule has 16 heavy (non-hydrogen) atoms. The average molecular weight is 222 g/mol. The zero-order valence-electron chi connectivity index (χ0n) is 9.16. The van der Waals surface area contributed by atoms with Gasteiger partial charge in [-0.2, -0.15) is 0 Å². The molecule has 1 fully saturated rings. The number of carbonyl (C=O) groups is 1. The van der Waals surface area contributed by atoms with Gasteiger partial charge < -0.3 is 11.1 Å². The second-order valence-electron chi connectivity index (χ2n) is 4.41. The minimum absolute atomic E-state index is 0.182. The van der Waals surface area contributed by atoms with Gasteiger partial charge in [-0.15, -0.1) is 0 Å². The molecule has 0 heterocycles. The minimum Gasteiger partial charge on any atom is -0.398 e. The van der Waals surface area contributed by atoms with Crippen LogP contribution in [0, 0.1) is 17.7 Å². The van der Waals surface area contributed by atoms with E-state index in [1.165, 1.54) is 18.6 Å². The molecular formula is C12H15FN2O. The van der Waals surface area contributed by atoms with Gasteiger partial charge >= 0.3 is 0 Å². The van der Waals surface area contributed by atoms with Crippen molar-refractivity contribution in [1.29, 1.82) is 0 Å². The summed E-state index contributed by atoms with van der Waals surface area (Å²) >= 11 is 0. The van der Waals surface area contributed by atoms with Crippen LogP contribution in [0.15, 0.2) is 18.2 Å². The Morgan fingerprint density at radius 2 is 2.31 bits per heavy atom. The maximum Gasteiger partial charge on any atom is 0.253 e. The van der Waals surface area contributed by atoms with Crippen LogP contribution in [0.4, 0.5) is 10.1 Å². The Labute approximate surface area is 93.8 Å². The summed E-state index contributed by atoms with van der Waals surface area (Å²) in [6.07, 6.45) is 1.17. The fourth-order valence-electron chi connectivity index (χ4n) is 1.74. The third kappa shape index (κ3) is 2.32. The number of anilines is 1. The van der Waals surface area contributed by atoms with Gasteiger partial charge in [0.1, 0.15) is 5.82 Å². The van der Waals surface area contributed by atoms with Crippen LogP contribution in [0.5, 0.6) is 0 Å². The Bertz CT molecular complexity index is 419. The molecule has 0 spiro atoms. The number of hydrogen-bond donors (Lipinski definition) is 2. The maximum atomic E-state index is 12.8. The zero-order valence-corrected chi connectivity index (χ0v) is 9.16. The number of nitrogens with one attached hydrogen (secondary N) is 1. The highest BCUT2D eigenvalue weighted by Crippen LogP contribution is 2.36. The van der Waals surface area contributed by atoms with Crippen molar-refractivity contribution >= 4 is 11.6 Å². The molecule has 3 nitrogen and oxygen atoms in total. The molecule has 1 aromatic carbocycles. The molecule has 1 amide bonds. The lowest BCUT2D eigenvalue weighted by Gasteiger charge is -2.06.